The summed E-state index contributed by atoms with van der Waals surface area (Å²) in [6.07, 6.45) is 11.1. The van der Waals surface area contributed by atoms with E-state index in [1.165, 1.54) is 82.0 Å². The molecule has 0 amide bonds. The second kappa shape index (κ2) is 17.1. The zero-order valence-corrected chi connectivity index (χ0v) is 17.0. The molecule has 0 atom stereocenters. The van der Waals surface area contributed by atoms with E-state index in [0.717, 1.165) is 0 Å². The monoisotopic (exact) mass is 423 g/mol. The summed E-state index contributed by atoms with van der Waals surface area (Å²) < 4.78 is 1.42. The molecule has 0 rings (SSSR count). The minimum absolute atomic E-state index is 0. The first-order valence-electron chi connectivity index (χ1n) is 8.09. The van der Waals surface area contributed by atoms with Crippen LogP contribution in [0.1, 0.15) is 79.1 Å². The van der Waals surface area contributed by atoms with Gasteiger partial charge in [0.2, 0.25) is 0 Å². The minimum atomic E-state index is 0. The van der Waals surface area contributed by atoms with Crippen LogP contribution in [0.4, 0.5) is 0 Å². The molecule has 0 saturated heterocycles. The maximum absolute atomic E-state index is 2.33. The summed E-state index contributed by atoms with van der Waals surface area (Å²) in [5.41, 5.74) is 0. The van der Waals surface area contributed by atoms with Gasteiger partial charge in [-0.15, -0.1) is 0 Å². The van der Waals surface area contributed by atoms with Crippen molar-refractivity contribution < 1.29 is 40.9 Å². The molecule has 3 heteroatoms. The van der Waals surface area contributed by atoms with E-state index in [1.807, 2.05) is 0 Å². The molecule has 0 radical (unpaired) electrons. The van der Waals surface area contributed by atoms with Crippen LogP contribution in [0.15, 0.2) is 0 Å². The average molecular weight is 423 g/mol. The number of hydrogen-bond acceptors (Lipinski definition) is 0. The van der Waals surface area contributed by atoms with E-state index in [4.69, 9.17) is 0 Å². The van der Waals surface area contributed by atoms with Gasteiger partial charge in [-0.05, 0) is 25.7 Å². The first kappa shape index (κ1) is 25.0. The quantitative estimate of drug-likeness (QED) is 0.333. The number of nitrogens with zero attached hydrogens (tertiary/aromatic N) is 1. The first-order chi connectivity index (χ1) is 8.24. The molecule has 0 bridgehead atoms. The fourth-order valence-electron chi connectivity index (χ4n) is 2.64. The fourth-order valence-corrected chi connectivity index (χ4v) is 2.64. The Morgan fingerprint density at radius 1 is 0.526 bits per heavy atom. The molecule has 0 aromatic heterocycles. The van der Waals surface area contributed by atoms with Gasteiger partial charge in [0.25, 0.3) is 0 Å². The normalized spacial score (nSPS) is 10.7. The van der Waals surface area contributed by atoms with Crippen molar-refractivity contribution in [2.75, 3.05) is 26.2 Å². The molecule has 0 N–H and O–H groups in total. The van der Waals surface area contributed by atoms with E-state index in [0.29, 0.717) is 0 Å². The zero-order chi connectivity index (χ0) is 13.0. The molecule has 0 aliphatic heterocycles. The van der Waals surface area contributed by atoms with Gasteiger partial charge < -0.3 is 21.5 Å². The van der Waals surface area contributed by atoms with Crippen molar-refractivity contribution in [2.24, 2.45) is 0 Å². The van der Waals surface area contributed by atoms with E-state index in [2.05, 4.69) is 27.7 Å². The third kappa shape index (κ3) is 12.5. The summed E-state index contributed by atoms with van der Waals surface area (Å²) in [4.78, 5) is 0. The van der Waals surface area contributed by atoms with Crippen LogP contribution in [0.25, 0.3) is 0 Å². The Balaban J connectivity index is -0.00000128. The van der Waals surface area contributed by atoms with Crippen molar-refractivity contribution >= 4 is 0 Å². The Morgan fingerprint density at radius 2 is 0.737 bits per heavy atom. The second-order valence-electron chi connectivity index (χ2n) is 5.65. The van der Waals surface area contributed by atoms with Gasteiger partial charge in [-0.3, -0.25) is 0 Å². The van der Waals surface area contributed by atoms with E-state index in [1.54, 1.807) is 0 Å². The molecule has 0 aromatic carbocycles. The smallest absolute Gasteiger partial charge is 0.0786 e. The van der Waals surface area contributed by atoms with Gasteiger partial charge in [-0.1, -0.05) is 53.4 Å². The molecule has 120 valence electrons. The van der Waals surface area contributed by atoms with Crippen molar-refractivity contribution in [3.63, 3.8) is 0 Å². The standard InChI is InChI=1S/C16H36N.BrH.Ru/c1-5-9-13-17(14-10-6-2,15-11-7-3)16-12-8-4;;/h5-16H2,1-4H3;1H;/q+1;;/p-1. The molecule has 0 unspecified atom stereocenters. The molecule has 0 heterocycles. The Labute approximate surface area is 146 Å². The van der Waals surface area contributed by atoms with E-state index >= 15 is 0 Å². The van der Waals surface area contributed by atoms with Crippen molar-refractivity contribution in [2.45, 2.75) is 79.1 Å². The van der Waals surface area contributed by atoms with Crippen LogP contribution in [-0.4, -0.2) is 30.7 Å². The number of hydrogen-bond donors (Lipinski definition) is 0. The molecule has 1 nitrogen and oxygen atoms in total. The third-order valence-electron chi connectivity index (χ3n) is 3.94. The van der Waals surface area contributed by atoms with Crippen LogP contribution < -0.4 is 17.0 Å². The van der Waals surface area contributed by atoms with Gasteiger partial charge in [0, 0.05) is 19.5 Å². The van der Waals surface area contributed by atoms with Crippen molar-refractivity contribution in [3.8, 4) is 0 Å². The first-order valence-corrected chi connectivity index (χ1v) is 8.09. The van der Waals surface area contributed by atoms with Crippen LogP contribution in [0, 0.1) is 0 Å². The molecule has 0 aliphatic carbocycles. The van der Waals surface area contributed by atoms with Gasteiger partial charge >= 0.3 is 0 Å². The number of unbranched alkanes of at least 4 members (excludes halogenated alkanes) is 4. The van der Waals surface area contributed by atoms with Crippen LogP contribution in [0.5, 0.6) is 0 Å². The molecule has 0 saturated carbocycles. The minimum Gasteiger partial charge on any atom is -1.00 e. The van der Waals surface area contributed by atoms with Gasteiger partial charge in [-0.2, -0.15) is 0 Å². The summed E-state index contributed by atoms with van der Waals surface area (Å²) in [6, 6.07) is 0. The molecular weight excluding hydrogens is 387 g/mol. The number of rotatable bonds is 12. The molecule has 19 heavy (non-hydrogen) atoms. The summed E-state index contributed by atoms with van der Waals surface area (Å²) in [6.45, 7) is 15.0. The largest absolute Gasteiger partial charge is 1.00 e. The van der Waals surface area contributed by atoms with Crippen LogP contribution in [0.2, 0.25) is 0 Å². The van der Waals surface area contributed by atoms with Gasteiger partial charge in [0.15, 0.2) is 0 Å². The zero-order valence-electron chi connectivity index (χ0n) is 13.7. The van der Waals surface area contributed by atoms with E-state index in [9.17, 15) is 0 Å². The Morgan fingerprint density at radius 3 is 0.895 bits per heavy atom. The average Bonchev–Trinajstić information content (AvgIpc) is 2.37. The maximum Gasteiger partial charge on any atom is 0.0786 e. The summed E-state index contributed by atoms with van der Waals surface area (Å²) in [7, 11) is 0. The van der Waals surface area contributed by atoms with Crippen molar-refractivity contribution in [1.29, 1.82) is 0 Å². The van der Waals surface area contributed by atoms with Gasteiger partial charge in [-0.25, -0.2) is 0 Å². The Hall–Kier alpha value is 1.06. The summed E-state index contributed by atoms with van der Waals surface area (Å²) >= 11 is 0. The summed E-state index contributed by atoms with van der Waals surface area (Å²) in [5, 5.41) is 0. The Bertz CT molecular complexity index is 127. The van der Waals surface area contributed by atoms with Crippen LogP contribution in [0.3, 0.4) is 0 Å². The maximum atomic E-state index is 2.33. The second-order valence-corrected chi connectivity index (χ2v) is 5.65. The van der Waals surface area contributed by atoms with Gasteiger partial charge in [0.05, 0.1) is 26.2 Å². The van der Waals surface area contributed by atoms with Crippen LogP contribution >= 0.6 is 0 Å². The molecule has 0 spiro atoms. The van der Waals surface area contributed by atoms with Crippen molar-refractivity contribution in [3.05, 3.63) is 0 Å². The SMILES string of the molecule is CCCC[N+](CCCC)(CCCC)CCCC.[Br-].[Ru]. The Kier molecular flexibility index (Phi) is 22.6. The predicted molar refractivity (Wildman–Crippen MR) is 79.4 cm³/mol. The fraction of sp³-hybridized carbons (Fsp3) is 1.00. The number of halogens is 1. The molecule has 0 fully saturated rings. The van der Waals surface area contributed by atoms with Crippen LogP contribution in [-0.2, 0) is 19.5 Å². The molecule has 0 aromatic rings. The van der Waals surface area contributed by atoms with E-state index in [-0.39, 0.29) is 36.5 Å². The molecular formula is C16H36BrNRu. The van der Waals surface area contributed by atoms with Gasteiger partial charge in [0.1, 0.15) is 0 Å². The number of quaternary nitrogens is 1. The predicted octanol–water partition coefficient (Wildman–Crippen LogP) is 2.01. The molecule has 0 aliphatic rings. The van der Waals surface area contributed by atoms with E-state index < -0.39 is 0 Å². The summed E-state index contributed by atoms with van der Waals surface area (Å²) in [5.74, 6) is 0. The third-order valence-corrected chi connectivity index (χ3v) is 3.94. The topological polar surface area (TPSA) is 0 Å². The van der Waals surface area contributed by atoms with Crippen molar-refractivity contribution in [1.82, 2.24) is 0 Å².